The fourth-order valence-corrected chi connectivity index (χ4v) is 3.91. The van der Waals surface area contributed by atoms with Crippen LogP contribution in [0.2, 0.25) is 0 Å². The Morgan fingerprint density at radius 2 is 0.732 bits per heavy atom. The van der Waals surface area contributed by atoms with Gasteiger partial charge in [-0.05, 0) is 59.7 Å². The maximum absolute atomic E-state index is 14.7. The second-order valence-corrected chi connectivity index (χ2v) is 9.08. The molecule has 0 saturated heterocycles. The minimum atomic E-state index is -5.80. The molecule has 1 aliphatic carbocycles. The van der Waals surface area contributed by atoms with Gasteiger partial charge in [0.2, 0.25) is 11.5 Å². The van der Waals surface area contributed by atoms with E-state index in [1.54, 1.807) is 0 Å². The fourth-order valence-electron chi connectivity index (χ4n) is 3.91. The van der Waals surface area contributed by atoms with E-state index in [-0.39, 0.29) is 13.2 Å². The molecule has 4 aromatic carbocycles. The summed E-state index contributed by atoms with van der Waals surface area (Å²) in [6.45, 7) is 0.410. The van der Waals surface area contributed by atoms with Crippen LogP contribution < -0.4 is 18.9 Å². The largest absolute Gasteiger partial charge is 0.489 e. The molecular weight excluding hydrogens is 550 g/mol. The molecule has 0 heterocycles. The van der Waals surface area contributed by atoms with Crippen LogP contribution in [0, 0.1) is 0 Å². The van der Waals surface area contributed by atoms with Crippen molar-refractivity contribution in [3.63, 3.8) is 0 Å². The molecule has 4 nitrogen and oxygen atoms in total. The number of rotatable bonds is 10. The zero-order valence-electron chi connectivity index (χ0n) is 21.2. The molecule has 0 atom stereocenters. The predicted octanol–water partition coefficient (Wildman–Crippen LogP) is 8.43. The standard InChI is InChI=1S/C31H22F6O4/c32-29(33)27(40-25-15-11-23(12-16-25)38-19-21-7-3-1-4-8-21)28(30(34,35)31(29,36)37)41-26-17-13-24(14-18-26)39-20-22-9-5-2-6-10-22/h1-18H,19-20H2. The second kappa shape index (κ2) is 11.1. The molecule has 0 aliphatic heterocycles. The van der Waals surface area contributed by atoms with Gasteiger partial charge < -0.3 is 18.9 Å². The van der Waals surface area contributed by atoms with Gasteiger partial charge in [0.05, 0.1) is 0 Å². The summed E-state index contributed by atoms with van der Waals surface area (Å²) in [5.41, 5.74) is 1.73. The summed E-state index contributed by atoms with van der Waals surface area (Å²) in [6.07, 6.45) is 0. The Morgan fingerprint density at radius 3 is 1.07 bits per heavy atom. The minimum Gasteiger partial charge on any atom is -0.489 e. The summed E-state index contributed by atoms with van der Waals surface area (Å²) in [7, 11) is 0. The molecule has 1 aliphatic rings. The molecule has 212 valence electrons. The molecule has 5 rings (SSSR count). The lowest BCUT2D eigenvalue weighted by Gasteiger charge is -2.24. The van der Waals surface area contributed by atoms with E-state index >= 15 is 0 Å². The average molecular weight is 573 g/mol. The van der Waals surface area contributed by atoms with Crippen LogP contribution in [-0.2, 0) is 13.2 Å². The van der Waals surface area contributed by atoms with Crippen molar-refractivity contribution in [1.82, 2.24) is 0 Å². The first kappa shape index (κ1) is 27.9. The van der Waals surface area contributed by atoms with Crippen LogP contribution in [0.1, 0.15) is 11.1 Å². The third kappa shape index (κ3) is 5.68. The Balaban J connectivity index is 1.34. The van der Waals surface area contributed by atoms with Crippen molar-refractivity contribution in [2.75, 3.05) is 0 Å². The molecule has 0 amide bonds. The normalized spacial score (nSPS) is 16.7. The van der Waals surface area contributed by atoms with Gasteiger partial charge in [-0.15, -0.1) is 0 Å². The lowest BCUT2D eigenvalue weighted by atomic mass is 10.1. The van der Waals surface area contributed by atoms with Gasteiger partial charge in [-0.1, -0.05) is 60.7 Å². The van der Waals surface area contributed by atoms with Gasteiger partial charge >= 0.3 is 17.8 Å². The lowest BCUT2D eigenvalue weighted by molar-refractivity contribution is -0.273. The van der Waals surface area contributed by atoms with Crippen LogP contribution in [0.25, 0.3) is 0 Å². The SMILES string of the molecule is FC1(F)C(Oc2ccc(OCc3ccccc3)cc2)=C(Oc2ccc(OCc3ccccc3)cc2)C(F)(F)C1(F)F. The van der Waals surface area contributed by atoms with Crippen molar-refractivity contribution in [1.29, 1.82) is 0 Å². The topological polar surface area (TPSA) is 36.9 Å². The number of ether oxygens (including phenoxy) is 4. The summed E-state index contributed by atoms with van der Waals surface area (Å²) in [5, 5.41) is 0. The van der Waals surface area contributed by atoms with E-state index in [1.807, 2.05) is 60.7 Å². The van der Waals surface area contributed by atoms with E-state index in [9.17, 15) is 26.3 Å². The highest BCUT2D eigenvalue weighted by Crippen LogP contribution is 2.59. The highest BCUT2D eigenvalue weighted by molar-refractivity contribution is 5.42. The van der Waals surface area contributed by atoms with Gasteiger partial charge in [-0.2, -0.15) is 26.3 Å². The molecule has 4 aromatic rings. The summed E-state index contributed by atoms with van der Waals surface area (Å²) < 4.78 is 108. The number of allylic oxidation sites excluding steroid dienone is 2. The molecule has 0 unspecified atom stereocenters. The Bertz CT molecular complexity index is 1380. The second-order valence-electron chi connectivity index (χ2n) is 9.08. The van der Waals surface area contributed by atoms with Crippen LogP contribution in [0.3, 0.4) is 0 Å². The minimum absolute atomic E-state index is 0.205. The number of hydrogen-bond acceptors (Lipinski definition) is 4. The smallest absolute Gasteiger partial charge is 0.387 e. The third-order valence-corrected chi connectivity index (χ3v) is 6.15. The molecule has 0 radical (unpaired) electrons. The van der Waals surface area contributed by atoms with Crippen LogP contribution in [0.5, 0.6) is 23.0 Å². The van der Waals surface area contributed by atoms with E-state index in [0.717, 1.165) is 35.4 Å². The number of benzene rings is 4. The van der Waals surface area contributed by atoms with Gasteiger partial charge in [-0.3, -0.25) is 0 Å². The van der Waals surface area contributed by atoms with Crippen molar-refractivity contribution in [2.24, 2.45) is 0 Å². The molecule has 0 bridgehead atoms. The molecule has 0 aromatic heterocycles. The first-order valence-corrected chi connectivity index (χ1v) is 12.4. The zero-order valence-corrected chi connectivity index (χ0v) is 21.2. The van der Waals surface area contributed by atoms with Gasteiger partial charge in [0.1, 0.15) is 36.2 Å². The highest BCUT2D eigenvalue weighted by Gasteiger charge is 2.83. The highest BCUT2D eigenvalue weighted by atomic mass is 19.3. The van der Waals surface area contributed by atoms with E-state index in [2.05, 4.69) is 0 Å². The van der Waals surface area contributed by atoms with Crippen molar-refractivity contribution < 1.29 is 45.3 Å². The molecule has 0 saturated carbocycles. The molecule has 10 heteroatoms. The Hall–Kier alpha value is -4.60. The van der Waals surface area contributed by atoms with Crippen molar-refractivity contribution in [3.05, 3.63) is 132 Å². The number of halogens is 6. The quantitative estimate of drug-likeness (QED) is 0.179. The first-order chi connectivity index (χ1) is 19.6. The number of alkyl halides is 6. The summed E-state index contributed by atoms with van der Waals surface area (Å²) in [4.78, 5) is 0. The molecule has 0 N–H and O–H groups in total. The van der Waals surface area contributed by atoms with E-state index in [4.69, 9.17) is 18.9 Å². The fraction of sp³-hybridized carbons (Fsp3) is 0.161. The average Bonchev–Trinajstić information content (AvgIpc) is 3.07. The molecule has 0 spiro atoms. The monoisotopic (exact) mass is 572 g/mol. The van der Waals surface area contributed by atoms with Crippen molar-refractivity contribution in [3.8, 4) is 23.0 Å². The molecule has 0 fully saturated rings. The Kier molecular flexibility index (Phi) is 7.57. The van der Waals surface area contributed by atoms with Gasteiger partial charge in [-0.25, -0.2) is 0 Å². The van der Waals surface area contributed by atoms with Crippen molar-refractivity contribution in [2.45, 2.75) is 31.0 Å². The Morgan fingerprint density at radius 1 is 0.415 bits per heavy atom. The first-order valence-electron chi connectivity index (χ1n) is 12.4. The van der Waals surface area contributed by atoms with Gasteiger partial charge in [0, 0.05) is 0 Å². The predicted molar refractivity (Wildman–Crippen MR) is 138 cm³/mol. The van der Waals surface area contributed by atoms with E-state index in [1.165, 1.54) is 24.3 Å². The Labute approximate surface area is 231 Å². The van der Waals surface area contributed by atoms with Crippen LogP contribution in [0.4, 0.5) is 26.3 Å². The maximum Gasteiger partial charge on any atom is 0.387 e. The van der Waals surface area contributed by atoms with Gasteiger partial charge in [0.25, 0.3) is 0 Å². The summed E-state index contributed by atoms with van der Waals surface area (Å²) in [6, 6.07) is 28.2. The van der Waals surface area contributed by atoms with E-state index < -0.39 is 40.8 Å². The lowest BCUT2D eigenvalue weighted by Crippen LogP contribution is -2.50. The summed E-state index contributed by atoms with van der Waals surface area (Å²) >= 11 is 0. The zero-order chi connectivity index (χ0) is 29.1. The van der Waals surface area contributed by atoms with Crippen LogP contribution in [0.15, 0.2) is 121 Å². The molecule has 41 heavy (non-hydrogen) atoms. The number of hydrogen-bond donors (Lipinski definition) is 0. The van der Waals surface area contributed by atoms with E-state index in [0.29, 0.717) is 11.5 Å². The maximum atomic E-state index is 14.7. The third-order valence-electron chi connectivity index (χ3n) is 6.15. The molecular formula is C31H22F6O4. The van der Waals surface area contributed by atoms with Gasteiger partial charge in [0.15, 0.2) is 0 Å². The summed E-state index contributed by atoms with van der Waals surface area (Å²) in [5.74, 6) is -20.7. The van der Waals surface area contributed by atoms with Crippen molar-refractivity contribution >= 4 is 0 Å². The van der Waals surface area contributed by atoms with Crippen LogP contribution >= 0.6 is 0 Å². The van der Waals surface area contributed by atoms with Crippen LogP contribution in [-0.4, -0.2) is 17.8 Å².